The lowest BCUT2D eigenvalue weighted by Gasteiger charge is -2.16. The van der Waals surface area contributed by atoms with Gasteiger partial charge in [-0.15, -0.1) is 0 Å². The lowest BCUT2D eigenvalue weighted by molar-refractivity contribution is 0.324. The lowest BCUT2D eigenvalue weighted by Crippen LogP contribution is -2.28. The number of likely N-dealkylation sites (tertiary alicyclic amines) is 1. The van der Waals surface area contributed by atoms with E-state index < -0.39 is 0 Å². The van der Waals surface area contributed by atoms with E-state index in [4.69, 9.17) is 5.73 Å². The van der Waals surface area contributed by atoms with E-state index in [0.29, 0.717) is 0 Å². The Balaban J connectivity index is 1.71. The molecule has 0 unspecified atom stereocenters. The zero-order valence-electron chi connectivity index (χ0n) is 11.4. The molecule has 3 heteroatoms. The molecule has 0 spiro atoms. The summed E-state index contributed by atoms with van der Waals surface area (Å²) in [6, 6.07) is 17.3. The van der Waals surface area contributed by atoms with Gasteiger partial charge in [-0.05, 0) is 23.3 Å². The molecular formula is C17H19FN2. The maximum Gasteiger partial charge on any atom is 0.123 e. The quantitative estimate of drug-likeness (QED) is 0.929. The molecule has 2 nitrogen and oxygen atoms in total. The molecule has 0 bridgehead atoms. The number of benzene rings is 2. The van der Waals surface area contributed by atoms with Crippen LogP contribution < -0.4 is 5.73 Å². The van der Waals surface area contributed by atoms with Gasteiger partial charge in [-0.2, -0.15) is 0 Å². The molecule has 1 heterocycles. The van der Waals surface area contributed by atoms with Crippen molar-refractivity contribution in [2.24, 2.45) is 5.73 Å². The molecule has 0 aliphatic carbocycles. The molecule has 1 aliphatic rings. The van der Waals surface area contributed by atoms with Crippen molar-refractivity contribution in [2.45, 2.75) is 18.5 Å². The molecule has 0 radical (unpaired) electrons. The maximum absolute atomic E-state index is 13.3. The van der Waals surface area contributed by atoms with E-state index in [9.17, 15) is 4.39 Å². The Hall–Kier alpha value is -1.71. The van der Waals surface area contributed by atoms with Gasteiger partial charge in [0.25, 0.3) is 0 Å². The lowest BCUT2D eigenvalue weighted by atomic mass is 9.95. The fraction of sp³-hybridized carbons (Fsp3) is 0.294. The normalized spacial score (nSPS) is 23.1. The third-order valence-corrected chi connectivity index (χ3v) is 3.97. The van der Waals surface area contributed by atoms with Gasteiger partial charge < -0.3 is 5.73 Å². The van der Waals surface area contributed by atoms with Gasteiger partial charge in [0, 0.05) is 31.6 Å². The monoisotopic (exact) mass is 270 g/mol. The summed E-state index contributed by atoms with van der Waals surface area (Å²) in [7, 11) is 0. The third kappa shape index (κ3) is 2.89. The van der Waals surface area contributed by atoms with Crippen LogP contribution in [0.5, 0.6) is 0 Å². The summed E-state index contributed by atoms with van der Waals surface area (Å²) in [5.41, 5.74) is 8.54. The summed E-state index contributed by atoms with van der Waals surface area (Å²) in [4.78, 5) is 2.34. The Bertz CT molecular complexity index is 570. The fourth-order valence-electron chi connectivity index (χ4n) is 2.97. The van der Waals surface area contributed by atoms with Crippen LogP contribution in [0.3, 0.4) is 0 Å². The second-order valence-corrected chi connectivity index (χ2v) is 5.51. The van der Waals surface area contributed by atoms with Crippen LogP contribution in [0.1, 0.15) is 17.0 Å². The molecule has 0 saturated carbocycles. The molecule has 1 aliphatic heterocycles. The molecule has 2 atom stereocenters. The van der Waals surface area contributed by atoms with Gasteiger partial charge in [0.2, 0.25) is 0 Å². The standard InChI is InChI=1S/C17H19FN2/c18-15-8-4-7-14(9-15)16-11-20(12-17(16)19)10-13-5-2-1-3-6-13/h1-9,16-17H,10-12,19H2/t16-,17-/m0/s1. The van der Waals surface area contributed by atoms with Crippen LogP contribution in [0.2, 0.25) is 0 Å². The minimum Gasteiger partial charge on any atom is -0.326 e. The number of nitrogens with two attached hydrogens (primary N) is 1. The number of hydrogen-bond acceptors (Lipinski definition) is 2. The summed E-state index contributed by atoms with van der Waals surface area (Å²) < 4.78 is 13.3. The molecule has 104 valence electrons. The van der Waals surface area contributed by atoms with Gasteiger partial charge in [0.05, 0.1) is 0 Å². The van der Waals surface area contributed by atoms with Crippen LogP contribution in [0.25, 0.3) is 0 Å². The van der Waals surface area contributed by atoms with Crippen molar-refractivity contribution in [3.05, 3.63) is 71.5 Å². The van der Waals surface area contributed by atoms with E-state index in [2.05, 4.69) is 29.2 Å². The summed E-state index contributed by atoms with van der Waals surface area (Å²) in [6.07, 6.45) is 0. The smallest absolute Gasteiger partial charge is 0.123 e. The van der Waals surface area contributed by atoms with Crippen molar-refractivity contribution in [1.82, 2.24) is 4.90 Å². The van der Waals surface area contributed by atoms with Crippen LogP contribution in [-0.4, -0.2) is 24.0 Å². The number of rotatable bonds is 3. The fourth-order valence-corrected chi connectivity index (χ4v) is 2.97. The second-order valence-electron chi connectivity index (χ2n) is 5.51. The highest BCUT2D eigenvalue weighted by Crippen LogP contribution is 2.27. The highest BCUT2D eigenvalue weighted by atomic mass is 19.1. The minimum absolute atomic E-state index is 0.0699. The van der Waals surface area contributed by atoms with E-state index in [-0.39, 0.29) is 17.8 Å². The van der Waals surface area contributed by atoms with Crippen molar-refractivity contribution in [3.8, 4) is 0 Å². The van der Waals surface area contributed by atoms with Crippen molar-refractivity contribution >= 4 is 0 Å². The first-order chi connectivity index (χ1) is 9.72. The minimum atomic E-state index is -0.184. The SMILES string of the molecule is N[C@H]1CN(Cc2ccccc2)C[C@H]1c1cccc(F)c1. The Morgan fingerprint density at radius 1 is 1.05 bits per heavy atom. The third-order valence-electron chi connectivity index (χ3n) is 3.97. The second kappa shape index (κ2) is 5.73. The van der Waals surface area contributed by atoms with E-state index in [1.54, 1.807) is 12.1 Å². The van der Waals surface area contributed by atoms with E-state index in [0.717, 1.165) is 25.2 Å². The molecule has 20 heavy (non-hydrogen) atoms. The highest BCUT2D eigenvalue weighted by Gasteiger charge is 2.31. The van der Waals surface area contributed by atoms with E-state index in [1.165, 1.54) is 11.6 Å². The molecule has 0 amide bonds. The number of halogens is 1. The molecule has 2 aromatic carbocycles. The Morgan fingerprint density at radius 3 is 2.60 bits per heavy atom. The van der Waals surface area contributed by atoms with Crippen LogP contribution in [0.4, 0.5) is 4.39 Å². The molecular weight excluding hydrogens is 251 g/mol. The molecule has 2 aromatic rings. The van der Waals surface area contributed by atoms with Gasteiger partial charge in [0.15, 0.2) is 0 Å². The Kier molecular flexibility index (Phi) is 3.81. The van der Waals surface area contributed by atoms with Gasteiger partial charge in [0.1, 0.15) is 5.82 Å². The Morgan fingerprint density at radius 2 is 1.85 bits per heavy atom. The summed E-state index contributed by atoms with van der Waals surface area (Å²) >= 11 is 0. The Labute approximate surface area is 119 Å². The maximum atomic E-state index is 13.3. The molecule has 2 N–H and O–H groups in total. The average Bonchev–Trinajstić information content (AvgIpc) is 2.81. The zero-order chi connectivity index (χ0) is 13.9. The van der Waals surface area contributed by atoms with Gasteiger partial charge in [-0.25, -0.2) is 4.39 Å². The van der Waals surface area contributed by atoms with Gasteiger partial charge >= 0.3 is 0 Å². The highest BCUT2D eigenvalue weighted by molar-refractivity contribution is 5.25. The largest absolute Gasteiger partial charge is 0.326 e. The molecule has 3 rings (SSSR count). The predicted molar refractivity (Wildman–Crippen MR) is 78.8 cm³/mol. The summed E-state index contributed by atoms with van der Waals surface area (Å²) in [6.45, 7) is 2.65. The van der Waals surface area contributed by atoms with E-state index >= 15 is 0 Å². The zero-order valence-corrected chi connectivity index (χ0v) is 11.4. The van der Waals surface area contributed by atoms with Crippen LogP contribution >= 0.6 is 0 Å². The van der Waals surface area contributed by atoms with E-state index in [1.807, 2.05) is 12.1 Å². The van der Waals surface area contributed by atoms with Crippen molar-refractivity contribution in [2.75, 3.05) is 13.1 Å². The van der Waals surface area contributed by atoms with Crippen molar-refractivity contribution in [3.63, 3.8) is 0 Å². The molecule has 1 saturated heterocycles. The van der Waals surface area contributed by atoms with Gasteiger partial charge in [-0.1, -0.05) is 42.5 Å². The molecule has 1 fully saturated rings. The molecule has 0 aromatic heterocycles. The average molecular weight is 270 g/mol. The van der Waals surface area contributed by atoms with Crippen LogP contribution in [0.15, 0.2) is 54.6 Å². The topological polar surface area (TPSA) is 29.3 Å². The number of hydrogen-bond donors (Lipinski definition) is 1. The first-order valence-electron chi connectivity index (χ1n) is 7.00. The first kappa shape index (κ1) is 13.3. The summed E-state index contributed by atoms with van der Waals surface area (Å²) in [5, 5.41) is 0. The number of nitrogens with zero attached hydrogens (tertiary/aromatic N) is 1. The predicted octanol–water partition coefficient (Wildman–Crippen LogP) is 2.75. The van der Waals surface area contributed by atoms with Crippen LogP contribution in [0, 0.1) is 5.82 Å². The van der Waals surface area contributed by atoms with Gasteiger partial charge in [-0.3, -0.25) is 4.90 Å². The van der Waals surface area contributed by atoms with Crippen molar-refractivity contribution < 1.29 is 4.39 Å². The van der Waals surface area contributed by atoms with Crippen LogP contribution in [-0.2, 0) is 6.54 Å². The summed E-state index contributed by atoms with van der Waals surface area (Å²) in [5.74, 6) is 0.0330. The van der Waals surface area contributed by atoms with Crippen molar-refractivity contribution in [1.29, 1.82) is 0 Å². The first-order valence-corrected chi connectivity index (χ1v) is 7.00.